The number of aliphatic hydroxyl groups is 1. The number of amides is 1. The van der Waals surface area contributed by atoms with Crippen LogP contribution in [0.3, 0.4) is 0 Å². The molecule has 0 spiro atoms. The van der Waals surface area contributed by atoms with Crippen LogP contribution in [0.2, 0.25) is 0 Å². The van der Waals surface area contributed by atoms with Crippen LogP contribution in [0, 0.1) is 0 Å². The van der Waals surface area contributed by atoms with Crippen LogP contribution in [0.1, 0.15) is 16.1 Å². The first-order valence-corrected chi connectivity index (χ1v) is 8.59. The Morgan fingerprint density at radius 2 is 2.00 bits per heavy atom. The van der Waals surface area contributed by atoms with Crippen molar-refractivity contribution < 1.29 is 9.90 Å². The summed E-state index contributed by atoms with van der Waals surface area (Å²) in [6, 6.07) is 15.5. The Balaban J connectivity index is 1.45. The Morgan fingerprint density at radius 1 is 1.19 bits per heavy atom. The molecular weight excluding hydrogens is 328 g/mol. The van der Waals surface area contributed by atoms with Gasteiger partial charge in [-0.05, 0) is 24.3 Å². The highest BCUT2D eigenvalue weighted by Crippen LogP contribution is 2.19. The summed E-state index contributed by atoms with van der Waals surface area (Å²) in [5.41, 5.74) is 2.31. The molecule has 1 saturated heterocycles. The lowest BCUT2D eigenvalue weighted by molar-refractivity contribution is 0.0783. The van der Waals surface area contributed by atoms with Gasteiger partial charge in [0.1, 0.15) is 5.82 Å². The first-order valence-electron chi connectivity index (χ1n) is 8.59. The zero-order valence-electron chi connectivity index (χ0n) is 14.5. The molecule has 0 saturated carbocycles. The highest BCUT2D eigenvalue weighted by Gasteiger charge is 2.25. The summed E-state index contributed by atoms with van der Waals surface area (Å²) in [5, 5.41) is 10.4. The van der Waals surface area contributed by atoms with Crippen molar-refractivity contribution >= 4 is 22.6 Å². The van der Waals surface area contributed by atoms with Gasteiger partial charge in [0.25, 0.3) is 5.91 Å². The van der Waals surface area contributed by atoms with E-state index in [2.05, 4.69) is 9.97 Å². The van der Waals surface area contributed by atoms with Gasteiger partial charge in [0.2, 0.25) is 0 Å². The molecule has 4 rings (SSSR count). The Labute approximate surface area is 151 Å². The lowest BCUT2D eigenvalue weighted by Gasteiger charge is -2.36. The van der Waals surface area contributed by atoms with Crippen molar-refractivity contribution in [2.24, 2.45) is 0 Å². The van der Waals surface area contributed by atoms with Crippen molar-refractivity contribution in [2.45, 2.75) is 12.6 Å². The van der Waals surface area contributed by atoms with Crippen LogP contribution >= 0.6 is 0 Å². The molecule has 0 atom stereocenters. The third kappa shape index (κ3) is 3.23. The van der Waals surface area contributed by atoms with Gasteiger partial charge in [-0.25, -0.2) is 4.98 Å². The summed E-state index contributed by atoms with van der Waals surface area (Å²) in [5.74, 6) is 0.688. The molecule has 1 N–H and O–H groups in total. The van der Waals surface area contributed by atoms with E-state index in [1.165, 1.54) is 0 Å². The second-order valence-electron chi connectivity index (χ2n) is 6.62. The Bertz CT molecular complexity index is 936. The topological polar surface area (TPSA) is 69.6 Å². The highest BCUT2D eigenvalue weighted by atomic mass is 16.3. The number of aliphatic hydroxyl groups excluding tert-OH is 1. The molecule has 1 amide bonds. The van der Waals surface area contributed by atoms with Crippen molar-refractivity contribution in [3.05, 3.63) is 66.0 Å². The number of carbonyl (C=O) groups excluding carboxylic acids is 1. The maximum atomic E-state index is 12.6. The molecule has 6 heteroatoms. The van der Waals surface area contributed by atoms with Gasteiger partial charge in [0, 0.05) is 31.7 Å². The fourth-order valence-corrected chi connectivity index (χ4v) is 3.07. The summed E-state index contributed by atoms with van der Waals surface area (Å²) in [4.78, 5) is 25.2. The quantitative estimate of drug-likeness (QED) is 0.782. The number of benzene rings is 1. The molecule has 132 valence electrons. The number of fused-ring (bicyclic) bond motifs is 1. The minimum atomic E-state index is -0.279. The first kappa shape index (κ1) is 16.5. The number of anilines is 1. The van der Waals surface area contributed by atoms with E-state index >= 15 is 0 Å². The molecule has 3 heterocycles. The zero-order chi connectivity index (χ0) is 18.1. The average Bonchev–Trinajstić information content (AvgIpc) is 2.65. The van der Waals surface area contributed by atoms with Crippen LogP contribution in [-0.2, 0) is 6.54 Å². The highest BCUT2D eigenvalue weighted by molar-refractivity contribution is 5.94. The van der Waals surface area contributed by atoms with Crippen LogP contribution in [0.15, 0.2) is 54.7 Å². The van der Waals surface area contributed by atoms with E-state index in [-0.39, 0.29) is 12.0 Å². The minimum Gasteiger partial charge on any atom is -0.389 e. The average molecular weight is 348 g/mol. The number of nitrogens with zero attached hydrogens (tertiary/aromatic N) is 4. The van der Waals surface area contributed by atoms with Crippen molar-refractivity contribution in [3.8, 4) is 0 Å². The van der Waals surface area contributed by atoms with E-state index in [4.69, 9.17) is 0 Å². The molecule has 6 nitrogen and oxygen atoms in total. The summed E-state index contributed by atoms with van der Waals surface area (Å²) in [7, 11) is 1.76. The molecule has 1 fully saturated rings. The zero-order valence-corrected chi connectivity index (χ0v) is 14.5. The van der Waals surface area contributed by atoms with Gasteiger partial charge in [-0.3, -0.25) is 9.78 Å². The molecule has 0 bridgehead atoms. The summed E-state index contributed by atoms with van der Waals surface area (Å²) in [6.07, 6.45) is 1.31. The maximum absolute atomic E-state index is 12.6. The smallest absolute Gasteiger partial charge is 0.255 e. The normalized spacial score (nSPS) is 14.3. The number of aromatic nitrogens is 2. The molecule has 2 aromatic heterocycles. The van der Waals surface area contributed by atoms with Gasteiger partial charge < -0.3 is 14.9 Å². The van der Waals surface area contributed by atoms with Crippen molar-refractivity contribution in [1.29, 1.82) is 0 Å². The number of rotatable bonds is 4. The second-order valence-corrected chi connectivity index (χ2v) is 6.62. The van der Waals surface area contributed by atoms with Gasteiger partial charge in [-0.2, -0.15) is 0 Å². The Hall–Kier alpha value is -2.99. The maximum Gasteiger partial charge on any atom is 0.255 e. The number of hydrogen-bond donors (Lipinski definition) is 1. The van der Waals surface area contributed by atoms with Gasteiger partial charge in [-0.15, -0.1) is 0 Å². The largest absolute Gasteiger partial charge is 0.389 e. The van der Waals surface area contributed by atoms with Crippen LogP contribution < -0.4 is 4.90 Å². The summed E-state index contributed by atoms with van der Waals surface area (Å²) < 4.78 is 0. The Kier molecular flexibility index (Phi) is 4.26. The van der Waals surface area contributed by atoms with E-state index in [1.807, 2.05) is 47.4 Å². The van der Waals surface area contributed by atoms with Crippen molar-refractivity contribution in [1.82, 2.24) is 14.9 Å². The Morgan fingerprint density at radius 3 is 2.73 bits per heavy atom. The molecule has 1 aromatic carbocycles. The van der Waals surface area contributed by atoms with Gasteiger partial charge in [0.05, 0.1) is 29.4 Å². The lowest BCUT2D eigenvalue weighted by Crippen LogP contribution is -2.51. The van der Waals surface area contributed by atoms with E-state index in [0.717, 1.165) is 22.4 Å². The lowest BCUT2D eigenvalue weighted by atomic mass is 10.1. The second kappa shape index (κ2) is 6.72. The number of hydrogen-bond acceptors (Lipinski definition) is 5. The molecule has 1 aliphatic rings. The summed E-state index contributed by atoms with van der Waals surface area (Å²) >= 11 is 0. The summed E-state index contributed by atoms with van der Waals surface area (Å²) in [6.45, 7) is 1.62. The number of β-amino-alcohol motifs (C(OH)–C–C–N with tert-alkyl or cyclic N) is 1. The monoisotopic (exact) mass is 348 g/mol. The van der Waals surface area contributed by atoms with E-state index in [0.29, 0.717) is 25.2 Å². The number of carbonyl (C=O) groups is 1. The molecule has 1 aliphatic heterocycles. The predicted octanol–water partition coefficient (Wildman–Crippen LogP) is 2.08. The predicted molar refractivity (Wildman–Crippen MR) is 100.0 cm³/mol. The van der Waals surface area contributed by atoms with E-state index in [9.17, 15) is 9.90 Å². The van der Waals surface area contributed by atoms with Gasteiger partial charge in [0.15, 0.2) is 0 Å². The SMILES string of the molecule is CN(Cc1ccc2ccccc2n1)C(=O)c1ccc(N2CC(O)C2)nc1. The molecule has 0 radical (unpaired) electrons. The van der Waals surface area contributed by atoms with Gasteiger partial charge >= 0.3 is 0 Å². The molecule has 26 heavy (non-hydrogen) atoms. The number of para-hydroxylation sites is 1. The van der Waals surface area contributed by atoms with Crippen molar-refractivity contribution in [3.63, 3.8) is 0 Å². The molecular formula is C20H20N4O2. The third-order valence-electron chi connectivity index (χ3n) is 4.58. The fraction of sp³-hybridized carbons (Fsp3) is 0.250. The van der Waals surface area contributed by atoms with Crippen LogP contribution in [0.5, 0.6) is 0 Å². The third-order valence-corrected chi connectivity index (χ3v) is 4.58. The standard InChI is InChI=1S/C20H20N4O2/c1-23(11-16-8-6-14-4-2-3-5-18(14)22-16)20(26)15-7-9-19(21-10-15)24-12-17(25)13-24/h2-10,17,25H,11-13H2,1H3. The van der Waals surface area contributed by atoms with Gasteiger partial charge in [-0.1, -0.05) is 24.3 Å². The minimum absolute atomic E-state index is 0.0948. The molecule has 0 aliphatic carbocycles. The van der Waals surface area contributed by atoms with E-state index in [1.54, 1.807) is 24.2 Å². The number of pyridine rings is 2. The fourth-order valence-electron chi connectivity index (χ4n) is 3.07. The molecule has 3 aromatic rings. The first-order chi connectivity index (χ1) is 12.6. The van der Waals surface area contributed by atoms with Crippen LogP contribution in [-0.4, -0.2) is 52.1 Å². The van der Waals surface area contributed by atoms with Crippen molar-refractivity contribution in [2.75, 3.05) is 25.0 Å². The van der Waals surface area contributed by atoms with Crippen LogP contribution in [0.4, 0.5) is 5.82 Å². The molecule has 0 unspecified atom stereocenters. The van der Waals surface area contributed by atoms with Crippen LogP contribution in [0.25, 0.3) is 10.9 Å². The van der Waals surface area contributed by atoms with E-state index < -0.39 is 0 Å².